The van der Waals surface area contributed by atoms with Gasteiger partial charge in [-0.1, -0.05) is 19.1 Å². The minimum atomic E-state index is -0.804. The molecule has 0 radical (unpaired) electrons. The Morgan fingerprint density at radius 3 is 2.56 bits per heavy atom. The second-order valence-corrected chi connectivity index (χ2v) is 8.86. The van der Waals surface area contributed by atoms with Crippen molar-refractivity contribution < 1.29 is 18.7 Å². The Bertz CT molecular complexity index is 1410. The fourth-order valence-electron chi connectivity index (χ4n) is 3.94. The molecular formula is C25H24FN3O4S. The minimum Gasteiger partial charge on any atom is -0.497 e. The van der Waals surface area contributed by atoms with E-state index in [1.807, 2.05) is 13.8 Å². The van der Waals surface area contributed by atoms with Crippen molar-refractivity contribution in [3.05, 3.63) is 69.8 Å². The number of aryl methyl sites for hydroxylation is 1. The molecular weight excluding hydrogens is 457 g/mol. The van der Waals surface area contributed by atoms with E-state index in [1.54, 1.807) is 30.3 Å². The number of aromatic nitrogens is 2. The third kappa shape index (κ3) is 4.26. The SMILES string of the molecule is CCC(C(=O)Nc1cc(OC)ccc1OC)n1cnc2sc(C)c(-c3ccc(F)cc3)c2c1=O. The van der Waals surface area contributed by atoms with Crippen LogP contribution < -0.4 is 20.3 Å². The summed E-state index contributed by atoms with van der Waals surface area (Å²) in [4.78, 5) is 32.8. The first kappa shape index (κ1) is 23.4. The van der Waals surface area contributed by atoms with Crippen molar-refractivity contribution in [3.63, 3.8) is 0 Å². The molecule has 0 aliphatic rings. The Balaban J connectivity index is 1.77. The van der Waals surface area contributed by atoms with Crippen LogP contribution in [0.25, 0.3) is 21.3 Å². The van der Waals surface area contributed by atoms with Crippen molar-refractivity contribution in [2.24, 2.45) is 0 Å². The van der Waals surface area contributed by atoms with Crippen LogP contribution in [0.15, 0.2) is 53.6 Å². The Morgan fingerprint density at radius 1 is 1.18 bits per heavy atom. The number of halogens is 1. The Morgan fingerprint density at radius 2 is 1.91 bits per heavy atom. The number of thiophene rings is 1. The zero-order valence-corrected chi connectivity index (χ0v) is 20.0. The van der Waals surface area contributed by atoms with Crippen LogP contribution in [0.2, 0.25) is 0 Å². The molecule has 1 amide bonds. The fourth-order valence-corrected chi connectivity index (χ4v) is 4.94. The number of nitrogens with one attached hydrogen (secondary N) is 1. The van der Waals surface area contributed by atoms with Gasteiger partial charge < -0.3 is 14.8 Å². The van der Waals surface area contributed by atoms with Gasteiger partial charge in [-0.15, -0.1) is 11.3 Å². The van der Waals surface area contributed by atoms with Crippen LogP contribution in [-0.4, -0.2) is 29.7 Å². The largest absolute Gasteiger partial charge is 0.497 e. The molecule has 0 saturated carbocycles. The second kappa shape index (κ2) is 9.64. The van der Waals surface area contributed by atoms with E-state index in [2.05, 4.69) is 10.3 Å². The van der Waals surface area contributed by atoms with Crippen molar-refractivity contribution in [3.8, 4) is 22.6 Å². The molecule has 1 unspecified atom stereocenters. The molecule has 4 rings (SSSR count). The first-order valence-electron chi connectivity index (χ1n) is 10.7. The first-order chi connectivity index (χ1) is 16.4. The molecule has 0 saturated heterocycles. The monoisotopic (exact) mass is 481 g/mol. The third-order valence-electron chi connectivity index (χ3n) is 5.64. The van der Waals surface area contributed by atoms with E-state index < -0.39 is 6.04 Å². The standard InChI is InChI=1S/C25H24FN3O4S/c1-5-19(23(30)28-18-12-17(32-3)10-11-20(18)33-4)29-13-27-24-22(25(29)31)21(14(2)34-24)15-6-8-16(26)9-7-15/h6-13,19H,5H2,1-4H3,(H,28,30). The second-order valence-electron chi connectivity index (χ2n) is 7.66. The zero-order chi connectivity index (χ0) is 24.4. The fraction of sp³-hybridized carbons (Fsp3) is 0.240. The zero-order valence-electron chi connectivity index (χ0n) is 19.2. The van der Waals surface area contributed by atoms with Crippen LogP contribution in [0.4, 0.5) is 10.1 Å². The summed E-state index contributed by atoms with van der Waals surface area (Å²) < 4.78 is 25.4. The Kier molecular flexibility index (Phi) is 6.65. The average Bonchev–Trinajstić information content (AvgIpc) is 3.18. The molecule has 34 heavy (non-hydrogen) atoms. The van der Waals surface area contributed by atoms with E-state index in [0.29, 0.717) is 39.4 Å². The van der Waals surface area contributed by atoms with Gasteiger partial charge in [-0.25, -0.2) is 9.37 Å². The highest BCUT2D eigenvalue weighted by Gasteiger charge is 2.24. The lowest BCUT2D eigenvalue weighted by Gasteiger charge is -2.19. The number of anilines is 1. The maximum absolute atomic E-state index is 13.6. The van der Waals surface area contributed by atoms with Gasteiger partial charge in [-0.3, -0.25) is 14.2 Å². The molecule has 0 fully saturated rings. The molecule has 1 N–H and O–H groups in total. The molecule has 2 aromatic carbocycles. The summed E-state index contributed by atoms with van der Waals surface area (Å²) in [5.41, 5.74) is 1.54. The van der Waals surface area contributed by atoms with Crippen LogP contribution in [0.3, 0.4) is 0 Å². The number of amides is 1. The van der Waals surface area contributed by atoms with Gasteiger partial charge in [0.2, 0.25) is 5.91 Å². The highest BCUT2D eigenvalue weighted by molar-refractivity contribution is 7.19. The van der Waals surface area contributed by atoms with E-state index in [4.69, 9.17) is 9.47 Å². The molecule has 2 heterocycles. The third-order valence-corrected chi connectivity index (χ3v) is 6.65. The van der Waals surface area contributed by atoms with Crippen molar-refractivity contribution >= 4 is 33.1 Å². The van der Waals surface area contributed by atoms with Gasteiger partial charge in [0.05, 0.1) is 31.6 Å². The van der Waals surface area contributed by atoms with Gasteiger partial charge in [-0.05, 0) is 43.2 Å². The number of fused-ring (bicyclic) bond motifs is 1. The van der Waals surface area contributed by atoms with Crippen LogP contribution in [0, 0.1) is 12.7 Å². The van der Waals surface area contributed by atoms with Crippen molar-refractivity contribution in [2.75, 3.05) is 19.5 Å². The summed E-state index contributed by atoms with van der Waals surface area (Å²) in [7, 11) is 3.04. The van der Waals surface area contributed by atoms with E-state index in [1.165, 1.54) is 48.6 Å². The number of hydrogen-bond donors (Lipinski definition) is 1. The predicted octanol–water partition coefficient (Wildman–Crippen LogP) is 5.18. The van der Waals surface area contributed by atoms with Crippen LogP contribution in [-0.2, 0) is 4.79 Å². The maximum atomic E-state index is 13.6. The molecule has 9 heteroatoms. The van der Waals surface area contributed by atoms with Gasteiger partial charge in [0.25, 0.3) is 5.56 Å². The summed E-state index contributed by atoms with van der Waals surface area (Å²) in [6, 6.07) is 10.3. The highest BCUT2D eigenvalue weighted by atomic mass is 32.1. The molecule has 1 atom stereocenters. The molecule has 0 aliphatic carbocycles. The summed E-state index contributed by atoms with van der Waals surface area (Å²) >= 11 is 1.39. The topological polar surface area (TPSA) is 82.4 Å². The van der Waals surface area contributed by atoms with Crippen molar-refractivity contribution in [1.29, 1.82) is 0 Å². The number of methoxy groups -OCH3 is 2. The lowest BCUT2D eigenvalue weighted by Crippen LogP contribution is -2.33. The number of benzene rings is 2. The number of ether oxygens (including phenoxy) is 2. The molecule has 7 nitrogen and oxygen atoms in total. The normalized spacial score (nSPS) is 11.9. The smallest absolute Gasteiger partial charge is 0.263 e. The predicted molar refractivity (Wildman–Crippen MR) is 132 cm³/mol. The Hall–Kier alpha value is -3.72. The molecule has 0 bridgehead atoms. The van der Waals surface area contributed by atoms with Gasteiger partial charge in [0.15, 0.2) is 0 Å². The minimum absolute atomic E-state index is 0.326. The summed E-state index contributed by atoms with van der Waals surface area (Å²) in [5, 5.41) is 3.27. The van der Waals surface area contributed by atoms with E-state index in [0.717, 1.165) is 10.4 Å². The van der Waals surface area contributed by atoms with Crippen LogP contribution in [0.1, 0.15) is 24.3 Å². The van der Waals surface area contributed by atoms with Crippen molar-refractivity contribution in [2.45, 2.75) is 26.3 Å². The number of hydrogen-bond acceptors (Lipinski definition) is 6. The molecule has 176 valence electrons. The Labute approximate surface area is 199 Å². The summed E-state index contributed by atoms with van der Waals surface area (Å²) in [6.45, 7) is 3.72. The van der Waals surface area contributed by atoms with Gasteiger partial charge in [0, 0.05) is 16.5 Å². The van der Waals surface area contributed by atoms with Gasteiger partial charge in [0.1, 0.15) is 28.2 Å². The van der Waals surface area contributed by atoms with Crippen LogP contribution in [0.5, 0.6) is 11.5 Å². The lowest BCUT2D eigenvalue weighted by molar-refractivity contribution is -0.119. The summed E-state index contributed by atoms with van der Waals surface area (Å²) in [5.74, 6) is 0.291. The highest BCUT2D eigenvalue weighted by Crippen LogP contribution is 2.36. The first-order valence-corrected chi connectivity index (χ1v) is 11.5. The van der Waals surface area contributed by atoms with Gasteiger partial charge >= 0.3 is 0 Å². The van der Waals surface area contributed by atoms with E-state index in [9.17, 15) is 14.0 Å². The van der Waals surface area contributed by atoms with Gasteiger partial charge in [-0.2, -0.15) is 0 Å². The molecule has 0 aliphatic heterocycles. The summed E-state index contributed by atoms with van der Waals surface area (Å²) in [6.07, 6.45) is 1.77. The van der Waals surface area contributed by atoms with E-state index >= 15 is 0 Å². The van der Waals surface area contributed by atoms with Crippen molar-refractivity contribution in [1.82, 2.24) is 9.55 Å². The number of nitrogens with zero attached hydrogens (tertiary/aromatic N) is 2. The molecule has 4 aromatic rings. The number of carbonyl (C=O) groups is 1. The quantitative estimate of drug-likeness (QED) is 0.393. The number of carbonyl (C=O) groups excluding carboxylic acids is 1. The average molecular weight is 482 g/mol. The van der Waals surface area contributed by atoms with E-state index in [-0.39, 0.29) is 17.3 Å². The van der Waals surface area contributed by atoms with Crippen LogP contribution >= 0.6 is 11.3 Å². The number of rotatable bonds is 7. The molecule has 2 aromatic heterocycles. The molecule has 0 spiro atoms. The maximum Gasteiger partial charge on any atom is 0.263 e. The lowest BCUT2D eigenvalue weighted by atomic mass is 10.0.